The zero-order valence-electron chi connectivity index (χ0n) is 16.9. The summed E-state index contributed by atoms with van der Waals surface area (Å²) in [6.07, 6.45) is 3.43. The number of aryl methyl sites for hydroxylation is 1. The Morgan fingerprint density at radius 3 is 2.87 bits per heavy atom. The number of primary amides is 1. The van der Waals surface area contributed by atoms with E-state index in [0.717, 1.165) is 41.6 Å². The lowest BCUT2D eigenvalue weighted by atomic mass is 9.94. The summed E-state index contributed by atoms with van der Waals surface area (Å²) in [6, 6.07) is 10.5. The average Bonchev–Trinajstić information content (AvgIpc) is 3.52. The molecule has 5 rings (SSSR count). The molecule has 2 N–H and O–H groups in total. The largest absolute Gasteiger partial charge is 0.491 e. The van der Waals surface area contributed by atoms with Gasteiger partial charge in [-0.3, -0.25) is 4.79 Å². The highest BCUT2D eigenvalue weighted by molar-refractivity contribution is 5.87. The van der Waals surface area contributed by atoms with Gasteiger partial charge in [-0.15, -0.1) is 0 Å². The summed E-state index contributed by atoms with van der Waals surface area (Å²) in [5.41, 5.74) is 8.92. The Morgan fingerprint density at radius 1 is 1.29 bits per heavy atom. The van der Waals surface area contributed by atoms with Crippen LogP contribution in [0, 0.1) is 11.8 Å². The Labute approximate surface area is 178 Å². The van der Waals surface area contributed by atoms with Crippen LogP contribution >= 0.6 is 0 Å². The SMILES string of the molecule is NC(=O)[C@@H](Cc1cc2c3c(c1)nc(-c1cccc(OC(F)F)c1)n3CCCO2)C1CC1. The number of halogens is 2. The Kier molecular flexibility index (Phi) is 5.00. The Hall–Kier alpha value is -3.16. The normalized spacial score (nSPS) is 16.7. The van der Waals surface area contributed by atoms with Crippen LogP contribution in [0.2, 0.25) is 0 Å². The van der Waals surface area contributed by atoms with E-state index in [0.29, 0.717) is 36.9 Å². The van der Waals surface area contributed by atoms with Gasteiger partial charge >= 0.3 is 6.61 Å². The van der Waals surface area contributed by atoms with Gasteiger partial charge in [0.2, 0.25) is 5.91 Å². The fourth-order valence-corrected chi connectivity index (χ4v) is 4.42. The fourth-order valence-electron chi connectivity index (χ4n) is 4.42. The molecule has 0 unspecified atom stereocenters. The number of nitrogens with zero attached hydrogens (tertiary/aromatic N) is 2. The van der Waals surface area contributed by atoms with Crippen molar-refractivity contribution in [3.05, 3.63) is 42.0 Å². The Morgan fingerprint density at radius 2 is 2.13 bits per heavy atom. The summed E-state index contributed by atoms with van der Waals surface area (Å²) in [6.45, 7) is -1.62. The van der Waals surface area contributed by atoms with E-state index in [4.69, 9.17) is 15.5 Å². The van der Waals surface area contributed by atoms with Crippen molar-refractivity contribution in [2.45, 2.75) is 38.8 Å². The monoisotopic (exact) mass is 427 g/mol. The first-order valence-electron chi connectivity index (χ1n) is 10.5. The van der Waals surface area contributed by atoms with Crippen LogP contribution in [0.25, 0.3) is 22.4 Å². The van der Waals surface area contributed by atoms with Gasteiger partial charge in [0.1, 0.15) is 22.8 Å². The summed E-state index contributed by atoms with van der Waals surface area (Å²) >= 11 is 0. The highest BCUT2D eigenvalue weighted by Crippen LogP contribution is 2.40. The molecule has 2 aromatic carbocycles. The molecule has 1 fully saturated rings. The van der Waals surface area contributed by atoms with Crippen LogP contribution in [-0.4, -0.2) is 28.7 Å². The number of ether oxygens (including phenoxy) is 2. The zero-order valence-corrected chi connectivity index (χ0v) is 16.9. The van der Waals surface area contributed by atoms with Crippen molar-refractivity contribution < 1.29 is 23.0 Å². The standard InChI is InChI=1S/C23H23F2N3O3/c24-23(25)31-16-4-1-3-15(12-16)22-27-18-10-13(9-17(21(26)29)14-5-6-14)11-19-20(18)28(22)7-2-8-30-19/h1,3-4,10-12,14,17,23H,2,5-9H2,(H2,26,29)/t17-/m0/s1. The molecule has 0 spiro atoms. The number of imidazole rings is 1. The van der Waals surface area contributed by atoms with Crippen molar-refractivity contribution in [2.24, 2.45) is 17.6 Å². The molecule has 0 bridgehead atoms. The minimum atomic E-state index is -2.89. The molecule has 1 aromatic heterocycles. The van der Waals surface area contributed by atoms with Crippen molar-refractivity contribution in [3.8, 4) is 22.9 Å². The summed E-state index contributed by atoms with van der Waals surface area (Å²) in [5.74, 6) is 1.40. The van der Waals surface area contributed by atoms with Crippen molar-refractivity contribution >= 4 is 16.9 Å². The number of amides is 1. The number of rotatable bonds is 7. The van der Waals surface area contributed by atoms with E-state index >= 15 is 0 Å². The summed E-state index contributed by atoms with van der Waals surface area (Å²) in [5, 5.41) is 0. The number of hydrogen-bond donors (Lipinski definition) is 1. The predicted octanol–water partition coefficient (Wildman–Crippen LogP) is 4.14. The minimum Gasteiger partial charge on any atom is -0.491 e. The van der Waals surface area contributed by atoms with Gasteiger partial charge in [0.25, 0.3) is 0 Å². The van der Waals surface area contributed by atoms with E-state index in [1.807, 2.05) is 18.2 Å². The maximum Gasteiger partial charge on any atom is 0.387 e. The van der Waals surface area contributed by atoms with Gasteiger partial charge in [0.15, 0.2) is 0 Å². The van der Waals surface area contributed by atoms with Crippen molar-refractivity contribution in [1.29, 1.82) is 0 Å². The second-order valence-electron chi connectivity index (χ2n) is 8.21. The molecule has 2 aliphatic rings. The second-order valence-corrected chi connectivity index (χ2v) is 8.21. The Bertz CT molecular complexity index is 1140. The van der Waals surface area contributed by atoms with Crippen molar-refractivity contribution in [2.75, 3.05) is 6.61 Å². The number of aromatic nitrogens is 2. The molecule has 1 atom stereocenters. The van der Waals surface area contributed by atoms with Gasteiger partial charge in [-0.2, -0.15) is 8.78 Å². The van der Waals surface area contributed by atoms with Crippen molar-refractivity contribution in [3.63, 3.8) is 0 Å². The van der Waals surface area contributed by atoms with Crippen LogP contribution < -0.4 is 15.2 Å². The number of nitrogens with two attached hydrogens (primary N) is 1. The molecular formula is C23H23F2N3O3. The van der Waals surface area contributed by atoms with Gasteiger partial charge in [-0.1, -0.05) is 12.1 Å². The van der Waals surface area contributed by atoms with Gasteiger partial charge in [-0.25, -0.2) is 4.98 Å². The molecule has 31 heavy (non-hydrogen) atoms. The van der Waals surface area contributed by atoms with E-state index < -0.39 is 6.61 Å². The lowest BCUT2D eigenvalue weighted by Gasteiger charge is -2.13. The number of carbonyl (C=O) groups excluding carboxylic acids is 1. The minimum absolute atomic E-state index is 0.0897. The van der Waals surface area contributed by atoms with E-state index in [-0.39, 0.29) is 17.6 Å². The molecule has 3 aromatic rings. The highest BCUT2D eigenvalue weighted by atomic mass is 19.3. The summed E-state index contributed by atoms with van der Waals surface area (Å²) in [4.78, 5) is 16.7. The van der Waals surface area contributed by atoms with Crippen LogP contribution in [0.15, 0.2) is 36.4 Å². The van der Waals surface area contributed by atoms with Gasteiger partial charge in [-0.05, 0) is 61.4 Å². The van der Waals surface area contributed by atoms with E-state index in [2.05, 4.69) is 9.30 Å². The van der Waals surface area contributed by atoms with Crippen LogP contribution in [0.3, 0.4) is 0 Å². The quantitative estimate of drug-likeness (QED) is 0.615. The van der Waals surface area contributed by atoms with Gasteiger partial charge in [0.05, 0.1) is 12.1 Å². The topological polar surface area (TPSA) is 79.4 Å². The lowest BCUT2D eigenvalue weighted by Crippen LogP contribution is -2.26. The first-order chi connectivity index (χ1) is 15.0. The second kappa shape index (κ2) is 7.83. The third-order valence-electron chi connectivity index (χ3n) is 5.98. The number of alkyl halides is 2. The lowest BCUT2D eigenvalue weighted by molar-refractivity contribution is -0.122. The van der Waals surface area contributed by atoms with E-state index in [9.17, 15) is 13.6 Å². The maximum atomic E-state index is 12.7. The third-order valence-corrected chi connectivity index (χ3v) is 5.98. The average molecular weight is 427 g/mol. The zero-order chi connectivity index (χ0) is 21.5. The number of hydrogen-bond acceptors (Lipinski definition) is 4. The predicted molar refractivity (Wildman–Crippen MR) is 111 cm³/mol. The number of carbonyl (C=O) groups is 1. The molecule has 2 heterocycles. The van der Waals surface area contributed by atoms with Crippen LogP contribution in [0.4, 0.5) is 8.78 Å². The van der Waals surface area contributed by atoms with Crippen LogP contribution in [0.5, 0.6) is 11.5 Å². The fraction of sp³-hybridized carbons (Fsp3) is 0.391. The molecule has 1 amide bonds. The molecule has 6 nitrogen and oxygen atoms in total. The molecule has 0 radical (unpaired) electrons. The molecule has 1 saturated carbocycles. The molecule has 1 aliphatic heterocycles. The molecule has 0 saturated heterocycles. The molecular weight excluding hydrogens is 404 g/mol. The summed E-state index contributed by atoms with van der Waals surface area (Å²) in [7, 11) is 0. The number of benzene rings is 2. The highest BCUT2D eigenvalue weighted by Gasteiger charge is 2.35. The van der Waals surface area contributed by atoms with E-state index in [1.165, 1.54) is 6.07 Å². The maximum absolute atomic E-state index is 12.7. The van der Waals surface area contributed by atoms with Gasteiger partial charge < -0.3 is 19.8 Å². The van der Waals surface area contributed by atoms with Crippen molar-refractivity contribution in [1.82, 2.24) is 9.55 Å². The first-order valence-corrected chi connectivity index (χ1v) is 10.5. The first kappa shape index (κ1) is 19.8. The van der Waals surface area contributed by atoms with Crippen LogP contribution in [-0.2, 0) is 17.8 Å². The smallest absolute Gasteiger partial charge is 0.387 e. The molecule has 8 heteroatoms. The van der Waals surface area contributed by atoms with Gasteiger partial charge in [0, 0.05) is 18.0 Å². The van der Waals surface area contributed by atoms with E-state index in [1.54, 1.807) is 12.1 Å². The molecule has 1 aliphatic carbocycles. The summed E-state index contributed by atoms with van der Waals surface area (Å²) < 4.78 is 37.9. The van der Waals surface area contributed by atoms with Crippen LogP contribution in [0.1, 0.15) is 24.8 Å². The molecule has 162 valence electrons. The third kappa shape index (κ3) is 3.94. The Balaban J connectivity index is 1.58.